The van der Waals surface area contributed by atoms with E-state index in [1.54, 1.807) is 19.5 Å². The molecule has 7 nitrogen and oxygen atoms in total. The fourth-order valence-electron chi connectivity index (χ4n) is 5.10. The highest BCUT2D eigenvalue weighted by Gasteiger charge is 2.30. The number of aromatic nitrogens is 1. The molecule has 248 valence electrons. The highest BCUT2D eigenvalue weighted by Crippen LogP contribution is 2.32. The molecule has 0 aliphatic carbocycles. The summed E-state index contributed by atoms with van der Waals surface area (Å²) in [5.74, 6) is 1.51. The summed E-state index contributed by atoms with van der Waals surface area (Å²) in [4.78, 5) is 18.2. The highest BCUT2D eigenvalue weighted by molar-refractivity contribution is 5.94. The van der Waals surface area contributed by atoms with E-state index in [0.717, 1.165) is 94.1 Å². The topological polar surface area (TPSA) is 72.9 Å². The molecular weight excluding hydrogens is 571 g/mol. The van der Waals surface area contributed by atoms with Crippen LogP contribution in [-0.4, -0.2) is 69.0 Å². The number of amides is 1. The number of ether oxygens (including phenoxy) is 3. The smallest absolute Gasteiger partial charge is 0.387 e. The predicted molar refractivity (Wildman–Crippen MR) is 169 cm³/mol. The van der Waals surface area contributed by atoms with Crippen molar-refractivity contribution >= 4 is 11.6 Å². The van der Waals surface area contributed by atoms with Gasteiger partial charge in [-0.15, -0.1) is 0 Å². The third kappa shape index (κ3) is 12.4. The minimum Gasteiger partial charge on any atom is -0.387 e. The van der Waals surface area contributed by atoms with Crippen LogP contribution in [0.15, 0.2) is 42.7 Å². The Kier molecular flexibility index (Phi) is 16.7. The Morgan fingerprint density at radius 1 is 1.00 bits per heavy atom. The van der Waals surface area contributed by atoms with E-state index in [2.05, 4.69) is 24.1 Å². The summed E-state index contributed by atoms with van der Waals surface area (Å²) in [6.45, 7) is 12.6. The van der Waals surface area contributed by atoms with Gasteiger partial charge in [0, 0.05) is 52.9 Å². The zero-order valence-electron chi connectivity index (χ0n) is 27.3. The number of methoxy groups -OCH3 is 1. The number of carbonyl (C=O) groups excluding carboxylic acids is 1. The molecule has 1 aromatic carbocycles. The van der Waals surface area contributed by atoms with Crippen molar-refractivity contribution in [2.45, 2.75) is 84.6 Å². The van der Waals surface area contributed by atoms with Gasteiger partial charge < -0.3 is 24.4 Å². The standard InChI is InChI=1S/C13H19N3O.C12H13F3O.C7H14O2.C2H6/c1-10-3-5-16(6-4-10)13(17)11-7-12(14-2)9-15-8-11;13-12(14,15)10-6-4-9(5-7-10)11-3-1-2-8-16-11;1-6-3-4-9-5-7(6)8-2;1-2/h7-10,14H,3-6H2,1-2H3;4-7,11H,1-3,8H2;6-7H,3-5H2,1-2H3;1-2H3/t;11-;;/m.0../s1. The molecule has 1 amide bonds. The number of nitrogens with zero attached hydrogens (tertiary/aromatic N) is 2. The molecule has 4 heterocycles. The number of benzene rings is 1. The number of nitrogens with one attached hydrogen (secondary N) is 1. The zero-order valence-corrected chi connectivity index (χ0v) is 27.3. The maximum atomic E-state index is 12.3. The Balaban J connectivity index is 0.000000233. The number of anilines is 1. The second-order valence-corrected chi connectivity index (χ2v) is 11.3. The number of halogens is 3. The zero-order chi connectivity index (χ0) is 32.5. The monoisotopic (exact) mass is 623 g/mol. The predicted octanol–water partition coefficient (Wildman–Crippen LogP) is 8.03. The normalized spacial score (nSPS) is 22.2. The van der Waals surface area contributed by atoms with Crippen LogP contribution in [0.2, 0.25) is 0 Å². The van der Waals surface area contributed by atoms with Crippen LogP contribution in [0.25, 0.3) is 0 Å². The number of alkyl halides is 3. The minimum absolute atomic E-state index is 0.0315. The molecule has 2 aromatic rings. The summed E-state index contributed by atoms with van der Waals surface area (Å²) in [6, 6.07) is 7.12. The van der Waals surface area contributed by atoms with E-state index in [1.165, 1.54) is 12.1 Å². The summed E-state index contributed by atoms with van der Waals surface area (Å²) in [5.41, 5.74) is 1.78. The summed E-state index contributed by atoms with van der Waals surface area (Å²) in [7, 11) is 3.57. The molecular formula is C34H52F3N3O4. The largest absolute Gasteiger partial charge is 0.416 e. The second-order valence-electron chi connectivity index (χ2n) is 11.3. The number of piperidine rings is 1. The van der Waals surface area contributed by atoms with Crippen LogP contribution in [-0.2, 0) is 20.4 Å². The van der Waals surface area contributed by atoms with Crippen LogP contribution >= 0.6 is 0 Å². The molecule has 3 fully saturated rings. The van der Waals surface area contributed by atoms with E-state index in [-0.39, 0.29) is 12.0 Å². The third-order valence-electron chi connectivity index (χ3n) is 8.07. The molecule has 0 spiro atoms. The Morgan fingerprint density at radius 2 is 1.68 bits per heavy atom. The average Bonchev–Trinajstić information content (AvgIpc) is 3.06. The molecule has 3 aliphatic heterocycles. The molecule has 3 aliphatic rings. The van der Waals surface area contributed by atoms with Gasteiger partial charge in [-0.2, -0.15) is 13.2 Å². The lowest BCUT2D eigenvalue weighted by molar-refractivity contribution is -0.137. The van der Waals surface area contributed by atoms with Crippen molar-refractivity contribution in [1.82, 2.24) is 9.88 Å². The highest BCUT2D eigenvalue weighted by atomic mass is 19.4. The van der Waals surface area contributed by atoms with Gasteiger partial charge in [-0.1, -0.05) is 39.8 Å². The molecule has 3 saturated heterocycles. The molecule has 0 saturated carbocycles. The van der Waals surface area contributed by atoms with E-state index in [9.17, 15) is 18.0 Å². The van der Waals surface area contributed by atoms with Crippen molar-refractivity contribution in [3.63, 3.8) is 0 Å². The Bertz CT molecular complexity index is 1070. The van der Waals surface area contributed by atoms with E-state index in [1.807, 2.05) is 31.9 Å². The first-order valence-electron chi connectivity index (χ1n) is 15.9. The number of hydrogen-bond donors (Lipinski definition) is 1. The van der Waals surface area contributed by atoms with Gasteiger partial charge in [-0.25, -0.2) is 0 Å². The van der Waals surface area contributed by atoms with Crippen LogP contribution in [0, 0.1) is 11.8 Å². The van der Waals surface area contributed by atoms with Gasteiger partial charge in [0.15, 0.2) is 0 Å². The first-order valence-corrected chi connectivity index (χ1v) is 15.9. The molecule has 44 heavy (non-hydrogen) atoms. The number of hydrogen-bond acceptors (Lipinski definition) is 6. The van der Waals surface area contributed by atoms with Crippen LogP contribution in [0.5, 0.6) is 0 Å². The number of pyridine rings is 1. The molecule has 3 atom stereocenters. The SMILES string of the molecule is CC.CNc1cncc(C(=O)N2CCC(C)CC2)c1.COC1COCCC1C.FC(F)(F)c1ccc([C@@H]2CCCCO2)cc1. The van der Waals surface area contributed by atoms with Gasteiger partial charge >= 0.3 is 6.18 Å². The van der Waals surface area contributed by atoms with Crippen molar-refractivity contribution in [3.05, 3.63) is 59.4 Å². The van der Waals surface area contributed by atoms with Crippen molar-refractivity contribution in [2.24, 2.45) is 11.8 Å². The lowest BCUT2D eigenvalue weighted by Gasteiger charge is -2.30. The quantitative estimate of drug-likeness (QED) is 0.372. The van der Waals surface area contributed by atoms with Gasteiger partial charge in [0.1, 0.15) is 0 Å². The lowest BCUT2D eigenvalue weighted by atomic mass is 9.99. The maximum absolute atomic E-state index is 12.3. The maximum Gasteiger partial charge on any atom is 0.416 e. The number of carbonyl (C=O) groups is 1. The van der Waals surface area contributed by atoms with Crippen LogP contribution < -0.4 is 5.32 Å². The van der Waals surface area contributed by atoms with E-state index in [4.69, 9.17) is 14.2 Å². The molecule has 10 heteroatoms. The third-order valence-corrected chi connectivity index (χ3v) is 8.07. The van der Waals surface area contributed by atoms with Gasteiger partial charge in [0.2, 0.25) is 0 Å². The summed E-state index contributed by atoms with van der Waals surface area (Å²) < 4.78 is 52.9. The summed E-state index contributed by atoms with van der Waals surface area (Å²) in [5, 5.41) is 3.00. The first kappa shape index (κ1) is 37.5. The van der Waals surface area contributed by atoms with Crippen molar-refractivity contribution in [3.8, 4) is 0 Å². The van der Waals surface area contributed by atoms with E-state index < -0.39 is 11.7 Å². The number of likely N-dealkylation sites (tertiary alicyclic amines) is 1. The van der Waals surface area contributed by atoms with E-state index in [0.29, 0.717) is 24.2 Å². The summed E-state index contributed by atoms with van der Waals surface area (Å²) in [6.07, 6.45) is 5.75. The summed E-state index contributed by atoms with van der Waals surface area (Å²) >= 11 is 0. The molecule has 2 unspecified atom stereocenters. The van der Waals surface area contributed by atoms with Crippen molar-refractivity contribution in [1.29, 1.82) is 0 Å². The Hall–Kier alpha value is -2.69. The van der Waals surface area contributed by atoms with Crippen LogP contribution in [0.3, 0.4) is 0 Å². The van der Waals surface area contributed by atoms with Gasteiger partial charge in [0.25, 0.3) is 5.91 Å². The Labute approximate surface area is 261 Å². The molecule has 5 rings (SSSR count). The number of rotatable bonds is 4. The van der Waals surface area contributed by atoms with Gasteiger partial charge in [-0.3, -0.25) is 9.78 Å². The molecule has 0 bridgehead atoms. The second kappa shape index (κ2) is 19.6. The van der Waals surface area contributed by atoms with Crippen LogP contribution in [0.1, 0.15) is 93.8 Å². The van der Waals surface area contributed by atoms with Crippen molar-refractivity contribution < 1.29 is 32.2 Å². The molecule has 1 aromatic heterocycles. The Morgan fingerprint density at radius 3 is 2.20 bits per heavy atom. The van der Waals surface area contributed by atoms with Crippen molar-refractivity contribution in [2.75, 3.05) is 52.4 Å². The molecule has 1 N–H and O–H groups in total. The van der Waals surface area contributed by atoms with Gasteiger partial charge in [0.05, 0.1) is 35.6 Å². The van der Waals surface area contributed by atoms with Crippen LogP contribution in [0.4, 0.5) is 18.9 Å². The van der Waals surface area contributed by atoms with Gasteiger partial charge in [-0.05, 0) is 74.1 Å². The minimum atomic E-state index is -4.26. The van der Waals surface area contributed by atoms with E-state index >= 15 is 0 Å². The fourth-order valence-corrected chi connectivity index (χ4v) is 5.10. The molecule has 0 radical (unpaired) electrons. The first-order chi connectivity index (χ1) is 21.1. The lowest BCUT2D eigenvalue weighted by Crippen LogP contribution is -2.37. The fraction of sp³-hybridized carbons (Fsp3) is 0.647. The average molecular weight is 624 g/mol.